The van der Waals surface area contributed by atoms with E-state index >= 15 is 0 Å². The van der Waals surface area contributed by atoms with Crippen LogP contribution >= 0.6 is 22.9 Å². The van der Waals surface area contributed by atoms with E-state index in [1.807, 2.05) is 19.1 Å². The molecule has 164 valence electrons. The number of carbonyl (C=O) groups excluding carboxylic acids is 1. The molecule has 1 N–H and O–H groups in total. The number of aromatic nitrogens is 1. The van der Waals surface area contributed by atoms with Crippen LogP contribution in [-0.4, -0.2) is 36.7 Å². The van der Waals surface area contributed by atoms with Gasteiger partial charge in [-0.05, 0) is 67.1 Å². The molecule has 2 aromatic carbocycles. The molecule has 1 aliphatic heterocycles. The summed E-state index contributed by atoms with van der Waals surface area (Å²) >= 11 is 7.51. The second-order valence-electron chi connectivity index (χ2n) is 8.28. The number of hydrogen-bond donors (Lipinski definition) is 1. The average Bonchev–Trinajstić information content (AvgIpc) is 3.13. The van der Waals surface area contributed by atoms with Gasteiger partial charge in [0.1, 0.15) is 0 Å². The summed E-state index contributed by atoms with van der Waals surface area (Å²) in [5, 5.41) is 3.89. The van der Waals surface area contributed by atoms with Crippen LogP contribution in [-0.2, 0) is 10.0 Å². The first-order chi connectivity index (χ1) is 14.6. The lowest BCUT2D eigenvalue weighted by molar-refractivity contribution is 0.102. The predicted molar refractivity (Wildman–Crippen MR) is 125 cm³/mol. The molecule has 0 saturated carbocycles. The highest BCUT2D eigenvalue weighted by Gasteiger charge is 2.31. The molecule has 2 atom stereocenters. The molecule has 0 aliphatic carbocycles. The van der Waals surface area contributed by atoms with E-state index in [0.29, 0.717) is 40.6 Å². The molecule has 2 heterocycles. The van der Waals surface area contributed by atoms with Gasteiger partial charge in [0.2, 0.25) is 10.0 Å². The van der Waals surface area contributed by atoms with Crippen LogP contribution in [0.1, 0.15) is 36.2 Å². The second-order valence-corrected chi connectivity index (χ2v) is 11.7. The molecule has 1 saturated heterocycles. The highest BCUT2D eigenvalue weighted by molar-refractivity contribution is 7.89. The lowest BCUT2D eigenvalue weighted by atomic mass is 9.94. The number of amides is 1. The Kier molecular flexibility index (Phi) is 6.09. The Morgan fingerprint density at radius 2 is 1.77 bits per heavy atom. The Bertz CT molecular complexity index is 1230. The van der Waals surface area contributed by atoms with Crippen molar-refractivity contribution in [2.75, 3.05) is 18.4 Å². The Balaban J connectivity index is 1.51. The van der Waals surface area contributed by atoms with Crippen LogP contribution in [0.2, 0.25) is 5.02 Å². The molecular weight excluding hydrogens is 454 g/mol. The van der Waals surface area contributed by atoms with Crippen molar-refractivity contribution in [3.63, 3.8) is 0 Å². The van der Waals surface area contributed by atoms with Gasteiger partial charge < -0.3 is 0 Å². The maximum atomic E-state index is 13.0. The zero-order valence-corrected chi connectivity index (χ0v) is 19.9. The summed E-state index contributed by atoms with van der Waals surface area (Å²) in [5.74, 6) is 0.318. The number of anilines is 1. The zero-order chi connectivity index (χ0) is 22.3. The summed E-state index contributed by atoms with van der Waals surface area (Å²) in [6.45, 7) is 7.08. The molecule has 1 amide bonds. The smallest absolute Gasteiger partial charge is 0.257 e. The van der Waals surface area contributed by atoms with Crippen molar-refractivity contribution in [1.29, 1.82) is 0 Å². The van der Waals surface area contributed by atoms with Crippen LogP contribution in [0, 0.1) is 18.8 Å². The minimum atomic E-state index is -3.58. The van der Waals surface area contributed by atoms with E-state index in [1.54, 1.807) is 4.31 Å². The van der Waals surface area contributed by atoms with Crippen LogP contribution in [0.4, 0.5) is 5.13 Å². The average molecular weight is 478 g/mol. The summed E-state index contributed by atoms with van der Waals surface area (Å²) in [5.41, 5.74) is 2.00. The third kappa shape index (κ3) is 4.48. The van der Waals surface area contributed by atoms with Gasteiger partial charge >= 0.3 is 0 Å². The molecule has 31 heavy (non-hydrogen) atoms. The summed E-state index contributed by atoms with van der Waals surface area (Å²) in [4.78, 5) is 17.3. The molecular formula is C22H24ClN3O3S2. The van der Waals surface area contributed by atoms with Gasteiger partial charge in [0.25, 0.3) is 5.91 Å². The normalized spacial score (nSPS) is 20.1. The lowest BCUT2D eigenvalue weighted by Gasteiger charge is -2.34. The van der Waals surface area contributed by atoms with Gasteiger partial charge in [0.05, 0.1) is 15.1 Å². The van der Waals surface area contributed by atoms with E-state index in [2.05, 4.69) is 24.1 Å². The van der Waals surface area contributed by atoms with Gasteiger partial charge in [0, 0.05) is 23.7 Å². The topological polar surface area (TPSA) is 79.4 Å². The third-order valence-electron chi connectivity index (χ3n) is 5.56. The molecule has 6 nitrogen and oxygen atoms in total. The van der Waals surface area contributed by atoms with E-state index in [4.69, 9.17) is 11.6 Å². The highest BCUT2D eigenvalue weighted by Crippen LogP contribution is 2.32. The fraction of sp³-hybridized carbons (Fsp3) is 0.364. The molecule has 1 fully saturated rings. The van der Waals surface area contributed by atoms with Gasteiger partial charge in [0.15, 0.2) is 5.13 Å². The molecule has 0 bridgehead atoms. The standard InChI is InChI=1S/C22H24ClN3O3S2/c1-13-10-14(2)12-26(11-13)31(28,29)17-6-4-16(5-7-17)21(27)25-22-24-20-15(3)18(23)8-9-19(20)30-22/h4-9,13-14H,10-12H2,1-3H3,(H,24,25,27)/t13-,14+. The Morgan fingerprint density at radius 3 is 2.42 bits per heavy atom. The van der Waals surface area contributed by atoms with Crippen molar-refractivity contribution in [3.05, 3.63) is 52.5 Å². The first kappa shape index (κ1) is 22.2. The Labute approximate surface area is 191 Å². The number of hydrogen-bond acceptors (Lipinski definition) is 5. The monoisotopic (exact) mass is 477 g/mol. The minimum absolute atomic E-state index is 0.204. The molecule has 9 heteroatoms. The molecule has 1 aromatic heterocycles. The number of thiazole rings is 1. The maximum absolute atomic E-state index is 13.0. The van der Waals surface area contributed by atoms with Crippen LogP contribution < -0.4 is 5.32 Å². The SMILES string of the molecule is Cc1c(Cl)ccc2sc(NC(=O)c3ccc(S(=O)(=O)N4C[C@H](C)C[C@H](C)C4)cc3)nc12. The predicted octanol–water partition coefficient (Wildman–Crippen LogP) is 5.18. The molecule has 0 unspecified atom stereocenters. The fourth-order valence-electron chi connectivity index (χ4n) is 4.05. The lowest BCUT2D eigenvalue weighted by Crippen LogP contribution is -2.42. The van der Waals surface area contributed by atoms with Crippen molar-refractivity contribution in [3.8, 4) is 0 Å². The highest BCUT2D eigenvalue weighted by atomic mass is 35.5. The first-order valence-electron chi connectivity index (χ1n) is 10.1. The minimum Gasteiger partial charge on any atom is -0.298 e. The quantitative estimate of drug-likeness (QED) is 0.561. The van der Waals surface area contributed by atoms with Gasteiger partial charge in [-0.15, -0.1) is 0 Å². The van der Waals surface area contributed by atoms with E-state index in [-0.39, 0.29) is 10.8 Å². The largest absolute Gasteiger partial charge is 0.298 e. The number of carbonyl (C=O) groups is 1. The van der Waals surface area contributed by atoms with Crippen LogP contribution in [0.3, 0.4) is 0 Å². The number of nitrogens with one attached hydrogen (secondary N) is 1. The number of sulfonamides is 1. The molecule has 0 radical (unpaired) electrons. The summed E-state index contributed by atoms with van der Waals surface area (Å²) < 4.78 is 28.5. The molecule has 4 rings (SSSR count). The summed E-state index contributed by atoms with van der Waals surface area (Å²) in [6, 6.07) is 9.75. The fourth-order valence-corrected chi connectivity index (χ4v) is 6.81. The number of aryl methyl sites for hydroxylation is 1. The van der Waals surface area contributed by atoms with E-state index in [1.165, 1.54) is 35.6 Å². The number of nitrogens with zero attached hydrogens (tertiary/aromatic N) is 2. The van der Waals surface area contributed by atoms with Gasteiger partial charge in [-0.2, -0.15) is 4.31 Å². The molecule has 3 aromatic rings. The Morgan fingerprint density at radius 1 is 1.13 bits per heavy atom. The number of rotatable bonds is 4. The number of benzene rings is 2. The second kappa shape index (κ2) is 8.50. The van der Waals surface area contributed by atoms with Crippen LogP contribution in [0.25, 0.3) is 10.2 Å². The van der Waals surface area contributed by atoms with E-state index < -0.39 is 10.0 Å². The van der Waals surface area contributed by atoms with Crippen molar-refractivity contribution in [1.82, 2.24) is 9.29 Å². The zero-order valence-electron chi connectivity index (χ0n) is 17.6. The maximum Gasteiger partial charge on any atom is 0.257 e. The number of piperidine rings is 1. The van der Waals surface area contributed by atoms with Gasteiger partial charge in [-0.25, -0.2) is 13.4 Å². The van der Waals surface area contributed by atoms with Crippen molar-refractivity contribution < 1.29 is 13.2 Å². The van der Waals surface area contributed by atoms with Gasteiger partial charge in [-0.3, -0.25) is 10.1 Å². The van der Waals surface area contributed by atoms with Crippen molar-refractivity contribution >= 4 is 54.2 Å². The molecule has 1 aliphatic rings. The summed E-state index contributed by atoms with van der Waals surface area (Å²) in [6.07, 6.45) is 1.03. The van der Waals surface area contributed by atoms with Gasteiger partial charge in [-0.1, -0.05) is 36.8 Å². The van der Waals surface area contributed by atoms with E-state index in [0.717, 1.165) is 22.2 Å². The van der Waals surface area contributed by atoms with E-state index in [9.17, 15) is 13.2 Å². The number of halogens is 1. The Hall–Kier alpha value is -2.00. The summed E-state index contributed by atoms with van der Waals surface area (Å²) in [7, 11) is -3.58. The molecule has 0 spiro atoms. The van der Waals surface area contributed by atoms with Crippen LogP contribution in [0.15, 0.2) is 41.3 Å². The van der Waals surface area contributed by atoms with Crippen molar-refractivity contribution in [2.24, 2.45) is 11.8 Å². The van der Waals surface area contributed by atoms with Crippen molar-refractivity contribution in [2.45, 2.75) is 32.1 Å². The first-order valence-corrected chi connectivity index (χ1v) is 12.8. The number of fused-ring (bicyclic) bond motifs is 1. The third-order valence-corrected chi connectivity index (χ3v) is 8.75. The van der Waals surface area contributed by atoms with Crippen LogP contribution in [0.5, 0.6) is 0 Å².